The highest BCUT2D eigenvalue weighted by Crippen LogP contribution is 2.12. The Balaban J connectivity index is 2.84. The molecule has 0 saturated carbocycles. The van der Waals surface area contributed by atoms with Gasteiger partial charge in [0.1, 0.15) is 0 Å². The van der Waals surface area contributed by atoms with Crippen molar-refractivity contribution < 1.29 is 24.2 Å². The van der Waals surface area contributed by atoms with Gasteiger partial charge in [0, 0.05) is 18.2 Å². The molecule has 1 unspecified atom stereocenters. The van der Waals surface area contributed by atoms with Crippen molar-refractivity contribution in [1.82, 2.24) is 10.6 Å². The Labute approximate surface area is 173 Å². The molecule has 0 aliphatic carbocycles. The molecule has 0 bridgehead atoms. The number of hydrogen-bond donors (Lipinski definition) is 3. The van der Waals surface area contributed by atoms with E-state index in [4.69, 9.17) is 9.47 Å². The summed E-state index contributed by atoms with van der Waals surface area (Å²) in [6, 6.07) is 6.26. The Morgan fingerprint density at radius 3 is 2.48 bits per heavy atom. The number of allylic oxidation sites excluding steroid dienone is 1. The zero-order chi connectivity index (χ0) is 21.6. The number of hydrogen-bond acceptors (Lipinski definition) is 5. The molecule has 0 fully saturated rings. The van der Waals surface area contributed by atoms with Crippen molar-refractivity contribution in [3.8, 4) is 0 Å². The summed E-state index contributed by atoms with van der Waals surface area (Å²) < 4.78 is 10.8. The van der Waals surface area contributed by atoms with Crippen LogP contribution in [0.25, 0.3) is 0 Å². The van der Waals surface area contributed by atoms with Gasteiger partial charge in [0.2, 0.25) is 0 Å². The Hall–Kier alpha value is -2.22. The van der Waals surface area contributed by atoms with Gasteiger partial charge in [0.25, 0.3) is 11.8 Å². The molecule has 0 radical (unpaired) electrons. The Kier molecular flexibility index (Phi) is 11.9. The van der Waals surface area contributed by atoms with Crippen molar-refractivity contribution in [2.75, 3.05) is 19.8 Å². The van der Waals surface area contributed by atoms with E-state index in [1.165, 1.54) is 0 Å². The molecule has 0 aliphatic heterocycles. The van der Waals surface area contributed by atoms with Crippen LogP contribution in [-0.2, 0) is 20.9 Å². The third kappa shape index (κ3) is 9.21. The van der Waals surface area contributed by atoms with E-state index in [1.54, 1.807) is 18.2 Å². The number of ether oxygens (including phenoxy) is 2. The van der Waals surface area contributed by atoms with Gasteiger partial charge in [-0.05, 0) is 45.7 Å². The minimum absolute atomic E-state index is 0.107. The lowest BCUT2D eigenvalue weighted by Gasteiger charge is -2.24. The van der Waals surface area contributed by atoms with Gasteiger partial charge in [-0.2, -0.15) is 0 Å². The first-order valence-electron chi connectivity index (χ1n) is 10.0. The lowest BCUT2D eigenvalue weighted by atomic mass is 10.0. The Bertz CT molecular complexity index is 660. The molecule has 0 saturated heterocycles. The monoisotopic (exact) mass is 406 g/mol. The maximum absolute atomic E-state index is 12.9. The van der Waals surface area contributed by atoms with E-state index < -0.39 is 18.1 Å². The summed E-state index contributed by atoms with van der Waals surface area (Å²) in [6.07, 6.45) is 2.60. The number of aliphatic hydroxyl groups is 1. The van der Waals surface area contributed by atoms with E-state index in [9.17, 15) is 14.7 Å². The molecule has 7 nitrogen and oxygen atoms in total. The third-order valence-electron chi connectivity index (χ3n) is 4.12. The second kappa shape index (κ2) is 13.9. The summed E-state index contributed by atoms with van der Waals surface area (Å²) in [5.41, 5.74) is 1.18. The normalized spacial score (nSPS) is 13.4. The van der Waals surface area contributed by atoms with Crippen LogP contribution >= 0.6 is 0 Å². The SMILES string of the molecule is C/C=C/C[C@H](NC(=O)c1ccccc1COCCOCC)C(O)C(=O)NC(C)C. The van der Waals surface area contributed by atoms with Gasteiger partial charge in [-0.3, -0.25) is 9.59 Å². The van der Waals surface area contributed by atoms with Crippen LogP contribution in [0.2, 0.25) is 0 Å². The van der Waals surface area contributed by atoms with Crippen molar-refractivity contribution >= 4 is 11.8 Å². The van der Waals surface area contributed by atoms with Crippen molar-refractivity contribution in [2.24, 2.45) is 0 Å². The molecular weight excluding hydrogens is 372 g/mol. The first kappa shape index (κ1) is 24.8. The van der Waals surface area contributed by atoms with Crippen LogP contribution in [0, 0.1) is 0 Å². The Morgan fingerprint density at radius 1 is 1.14 bits per heavy atom. The van der Waals surface area contributed by atoms with Crippen LogP contribution < -0.4 is 10.6 Å². The maximum atomic E-state index is 12.9. The molecular formula is C22H34N2O5. The molecule has 0 heterocycles. The van der Waals surface area contributed by atoms with E-state index >= 15 is 0 Å². The van der Waals surface area contributed by atoms with Crippen LogP contribution in [0.5, 0.6) is 0 Å². The van der Waals surface area contributed by atoms with Gasteiger partial charge in [-0.1, -0.05) is 30.4 Å². The summed E-state index contributed by atoms with van der Waals surface area (Å²) in [5, 5.41) is 15.9. The molecule has 7 heteroatoms. The lowest BCUT2D eigenvalue weighted by molar-refractivity contribution is -0.131. The molecule has 0 aromatic heterocycles. The minimum atomic E-state index is -1.35. The number of carbonyl (C=O) groups excluding carboxylic acids is 2. The summed E-state index contributed by atoms with van der Waals surface area (Å²) in [7, 11) is 0. The number of aliphatic hydroxyl groups excluding tert-OH is 1. The average Bonchev–Trinajstić information content (AvgIpc) is 2.70. The van der Waals surface area contributed by atoms with Crippen LogP contribution in [-0.4, -0.2) is 54.9 Å². The first-order valence-corrected chi connectivity index (χ1v) is 10.0. The zero-order valence-electron chi connectivity index (χ0n) is 17.8. The quantitative estimate of drug-likeness (QED) is 0.345. The van der Waals surface area contributed by atoms with Crippen LogP contribution in [0.4, 0.5) is 0 Å². The van der Waals surface area contributed by atoms with E-state index in [1.807, 2.05) is 45.9 Å². The fraction of sp³-hybridized carbons (Fsp3) is 0.545. The van der Waals surface area contributed by atoms with Crippen LogP contribution in [0.15, 0.2) is 36.4 Å². The number of rotatable bonds is 13. The summed E-state index contributed by atoms with van der Waals surface area (Å²) in [5.74, 6) is -0.873. The number of nitrogens with one attached hydrogen (secondary N) is 2. The topological polar surface area (TPSA) is 96.9 Å². The highest BCUT2D eigenvalue weighted by atomic mass is 16.5. The van der Waals surface area contributed by atoms with Crippen molar-refractivity contribution in [2.45, 2.75) is 58.9 Å². The number of carbonyl (C=O) groups is 2. The average molecular weight is 407 g/mol. The lowest BCUT2D eigenvalue weighted by Crippen LogP contribution is -2.51. The predicted octanol–water partition coefficient (Wildman–Crippen LogP) is 2.19. The molecule has 0 spiro atoms. The molecule has 3 N–H and O–H groups in total. The van der Waals surface area contributed by atoms with Crippen molar-refractivity contribution in [3.05, 3.63) is 47.5 Å². The molecule has 2 amide bonds. The molecule has 1 rings (SSSR count). The highest BCUT2D eigenvalue weighted by Gasteiger charge is 2.28. The fourth-order valence-corrected chi connectivity index (χ4v) is 2.66. The van der Waals surface area contributed by atoms with E-state index in [-0.39, 0.29) is 18.6 Å². The zero-order valence-corrected chi connectivity index (χ0v) is 17.8. The molecule has 1 aromatic rings. The van der Waals surface area contributed by atoms with Gasteiger partial charge in [0.05, 0.1) is 25.9 Å². The van der Waals surface area contributed by atoms with E-state index in [0.717, 1.165) is 5.56 Å². The van der Waals surface area contributed by atoms with Gasteiger partial charge in [-0.25, -0.2) is 0 Å². The highest BCUT2D eigenvalue weighted by molar-refractivity contribution is 5.96. The van der Waals surface area contributed by atoms with Crippen LogP contribution in [0.1, 0.15) is 50.0 Å². The number of amides is 2. The smallest absolute Gasteiger partial charge is 0.251 e. The number of benzene rings is 1. The Morgan fingerprint density at radius 2 is 1.83 bits per heavy atom. The first-order chi connectivity index (χ1) is 13.9. The standard InChI is InChI=1S/C22H34N2O5/c1-5-7-12-19(20(25)22(27)23-16(3)4)24-21(26)18-11-9-8-10-17(18)15-29-14-13-28-6-2/h5,7-11,16,19-20,25H,6,12-15H2,1-4H3,(H,23,27)(H,24,26)/b7-5+/t19-,20?/m0/s1. The summed E-state index contributed by atoms with van der Waals surface area (Å²) >= 11 is 0. The van der Waals surface area contributed by atoms with Gasteiger partial charge >= 0.3 is 0 Å². The van der Waals surface area contributed by atoms with E-state index in [0.29, 0.717) is 31.8 Å². The minimum Gasteiger partial charge on any atom is -0.381 e. The molecule has 1 aromatic carbocycles. The third-order valence-corrected chi connectivity index (χ3v) is 4.12. The van der Waals surface area contributed by atoms with Crippen LogP contribution in [0.3, 0.4) is 0 Å². The second-order valence-electron chi connectivity index (χ2n) is 6.90. The van der Waals surface area contributed by atoms with Crippen molar-refractivity contribution in [1.29, 1.82) is 0 Å². The van der Waals surface area contributed by atoms with E-state index in [2.05, 4.69) is 10.6 Å². The molecule has 29 heavy (non-hydrogen) atoms. The maximum Gasteiger partial charge on any atom is 0.251 e. The van der Waals surface area contributed by atoms with Gasteiger partial charge in [0.15, 0.2) is 6.10 Å². The van der Waals surface area contributed by atoms with Crippen molar-refractivity contribution in [3.63, 3.8) is 0 Å². The summed E-state index contributed by atoms with van der Waals surface area (Å²) in [6.45, 7) is 9.20. The molecule has 2 atom stereocenters. The largest absolute Gasteiger partial charge is 0.381 e. The summed E-state index contributed by atoms with van der Waals surface area (Å²) in [4.78, 5) is 25.1. The fourth-order valence-electron chi connectivity index (χ4n) is 2.66. The molecule has 162 valence electrons. The second-order valence-corrected chi connectivity index (χ2v) is 6.90. The van der Waals surface area contributed by atoms with Gasteiger partial charge < -0.3 is 25.2 Å². The predicted molar refractivity (Wildman–Crippen MR) is 113 cm³/mol. The molecule has 0 aliphatic rings. The van der Waals surface area contributed by atoms with Gasteiger partial charge in [-0.15, -0.1) is 0 Å².